The Morgan fingerprint density at radius 2 is 1.47 bits per heavy atom. The average Bonchev–Trinajstić information content (AvgIpc) is 3.16. The number of aryl methyl sites for hydroxylation is 1. The zero-order valence-corrected chi connectivity index (χ0v) is 21.1. The summed E-state index contributed by atoms with van der Waals surface area (Å²) in [5.74, 6) is -0.528. The first-order valence-electron chi connectivity index (χ1n) is 11.3. The van der Waals surface area contributed by atoms with Gasteiger partial charge in [-0.2, -0.15) is 0 Å². The Hall–Kier alpha value is -4.17. The van der Waals surface area contributed by atoms with Crippen LogP contribution in [0.4, 0.5) is 5.69 Å². The fourth-order valence-electron chi connectivity index (χ4n) is 4.11. The van der Waals surface area contributed by atoms with Crippen LogP contribution in [0.15, 0.2) is 90.0 Å². The van der Waals surface area contributed by atoms with Gasteiger partial charge in [-0.1, -0.05) is 48.5 Å². The van der Waals surface area contributed by atoms with Gasteiger partial charge >= 0.3 is 0 Å². The molecule has 0 fully saturated rings. The molecule has 36 heavy (non-hydrogen) atoms. The van der Waals surface area contributed by atoms with Gasteiger partial charge < -0.3 is 15.2 Å². The maximum Gasteiger partial charge on any atom is 0.257 e. The molecule has 4 aromatic rings. The molecular weight excluding hydrogens is 474 g/mol. The number of hydrogen-bond donors (Lipinski definition) is 2. The van der Waals surface area contributed by atoms with Gasteiger partial charge in [-0.05, 0) is 48.4 Å². The van der Waals surface area contributed by atoms with Gasteiger partial charge in [0.2, 0.25) is 0 Å². The van der Waals surface area contributed by atoms with Crippen LogP contribution in [0.5, 0.6) is 0 Å². The molecule has 0 unspecified atom stereocenters. The minimum Gasteiger partial charge on any atom is -0.349 e. The molecule has 4 rings (SSSR count). The van der Waals surface area contributed by atoms with Crippen LogP contribution in [-0.4, -0.2) is 31.1 Å². The summed E-state index contributed by atoms with van der Waals surface area (Å²) in [4.78, 5) is 26.3. The van der Waals surface area contributed by atoms with Crippen LogP contribution < -0.4 is 10.6 Å². The van der Waals surface area contributed by atoms with Crippen molar-refractivity contribution in [1.82, 2.24) is 9.88 Å². The van der Waals surface area contributed by atoms with Crippen molar-refractivity contribution in [1.29, 1.82) is 0 Å². The van der Waals surface area contributed by atoms with Crippen LogP contribution >= 0.6 is 0 Å². The number of benzene rings is 3. The van der Waals surface area contributed by atoms with Crippen molar-refractivity contribution in [3.63, 3.8) is 0 Å². The van der Waals surface area contributed by atoms with E-state index in [2.05, 4.69) is 10.6 Å². The number of carbonyl (C=O) groups is 2. The number of hydrogen-bond acceptors (Lipinski definition) is 4. The van der Waals surface area contributed by atoms with Gasteiger partial charge in [0.05, 0.1) is 16.2 Å². The smallest absolute Gasteiger partial charge is 0.257 e. The van der Waals surface area contributed by atoms with E-state index < -0.39 is 9.84 Å². The number of nitrogens with one attached hydrogen (secondary N) is 2. The largest absolute Gasteiger partial charge is 0.349 e. The van der Waals surface area contributed by atoms with Gasteiger partial charge in [-0.25, -0.2) is 8.42 Å². The summed E-state index contributed by atoms with van der Waals surface area (Å²) in [6.07, 6.45) is 2.86. The van der Waals surface area contributed by atoms with Gasteiger partial charge in [-0.3, -0.25) is 9.59 Å². The molecule has 0 bridgehead atoms. The van der Waals surface area contributed by atoms with Gasteiger partial charge in [0.1, 0.15) is 0 Å². The number of sulfone groups is 1. The number of aromatic nitrogens is 1. The zero-order chi connectivity index (χ0) is 25.9. The highest BCUT2D eigenvalue weighted by atomic mass is 32.2. The highest BCUT2D eigenvalue weighted by Crippen LogP contribution is 2.30. The molecule has 8 heteroatoms. The number of anilines is 1. The van der Waals surface area contributed by atoms with E-state index in [4.69, 9.17) is 0 Å². The Morgan fingerprint density at radius 1 is 0.833 bits per heavy atom. The Bertz CT molecular complexity index is 1520. The Balaban J connectivity index is 1.58. The molecule has 3 aromatic carbocycles. The SMILES string of the molecule is Cc1c(C(=O)Nc2ccc(S(C)(=O)=O)cc2)cn(C)c1-c1ccccc1C(=O)NCc1ccccc1. The lowest BCUT2D eigenvalue weighted by Crippen LogP contribution is -2.23. The lowest BCUT2D eigenvalue weighted by Gasteiger charge is -2.12. The molecule has 0 aliphatic heterocycles. The van der Waals surface area contributed by atoms with Crippen LogP contribution in [-0.2, 0) is 23.4 Å². The quantitative estimate of drug-likeness (QED) is 0.387. The van der Waals surface area contributed by atoms with Crippen molar-refractivity contribution < 1.29 is 18.0 Å². The molecule has 0 aliphatic rings. The number of amides is 2. The van der Waals surface area contributed by atoms with E-state index in [1.807, 2.05) is 67.1 Å². The van der Waals surface area contributed by atoms with E-state index in [0.717, 1.165) is 28.6 Å². The van der Waals surface area contributed by atoms with E-state index in [1.54, 1.807) is 24.4 Å². The molecule has 1 heterocycles. The molecular formula is C28H27N3O4S. The summed E-state index contributed by atoms with van der Waals surface area (Å²) >= 11 is 0. The fraction of sp³-hybridized carbons (Fsp3) is 0.143. The van der Waals surface area contributed by atoms with Gasteiger partial charge in [-0.15, -0.1) is 0 Å². The maximum absolute atomic E-state index is 13.1. The van der Waals surface area contributed by atoms with Crippen molar-refractivity contribution in [2.45, 2.75) is 18.4 Å². The topological polar surface area (TPSA) is 97.3 Å². The van der Waals surface area contributed by atoms with Crippen LogP contribution in [0.3, 0.4) is 0 Å². The fourth-order valence-corrected chi connectivity index (χ4v) is 4.74. The molecule has 2 N–H and O–H groups in total. The minimum atomic E-state index is -3.32. The maximum atomic E-state index is 13.1. The van der Waals surface area contributed by atoms with E-state index in [0.29, 0.717) is 23.4 Å². The molecule has 1 aromatic heterocycles. The minimum absolute atomic E-state index is 0.181. The van der Waals surface area contributed by atoms with Crippen molar-refractivity contribution in [3.05, 3.63) is 107 Å². The molecule has 7 nitrogen and oxygen atoms in total. The average molecular weight is 502 g/mol. The highest BCUT2D eigenvalue weighted by molar-refractivity contribution is 7.90. The van der Waals surface area contributed by atoms with Crippen LogP contribution in [0, 0.1) is 6.92 Å². The second-order valence-electron chi connectivity index (χ2n) is 8.59. The summed E-state index contributed by atoms with van der Waals surface area (Å²) in [5, 5.41) is 5.79. The highest BCUT2D eigenvalue weighted by Gasteiger charge is 2.21. The van der Waals surface area contributed by atoms with Crippen molar-refractivity contribution >= 4 is 27.3 Å². The molecule has 0 radical (unpaired) electrons. The number of nitrogens with zero attached hydrogens (tertiary/aromatic N) is 1. The van der Waals surface area contributed by atoms with Gasteiger partial charge in [0.15, 0.2) is 9.84 Å². The predicted molar refractivity (Wildman–Crippen MR) is 141 cm³/mol. The predicted octanol–water partition coefficient (Wildman–Crippen LogP) is 4.59. The lowest BCUT2D eigenvalue weighted by atomic mass is 9.99. The van der Waals surface area contributed by atoms with E-state index in [-0.39, 0.29) is 16.7 Å². The van der Waals surface area contributed by atoms with Crippen LogP contribution in [0.25, 0.3) is 11.3 Å². The first-order valence-corrected chi connectivity index (χ1v) is 13.2. The Kier molecular flexibility index (Phi) is 7.07. The van der Waals surface area contributed by atoms with Crippen molar-refractivity contribution in [2.24, 2.45) is 7.05 Å². The Labute approximate surface area is 210 Å². The summed E-state index contributed by atoms with van der Waals surface area (Å²) < 4.78 is 25.2. The third kappa shape index (κ3) is 5.39. The van der Waals surface area contributed by atoms with Crippen molar-refractivity contribution in [3.8, 4) is 11.3 Å². The zero-order valence-electron chi connectivity index (χ0n) is 20.3. The monoisotopic (exact) mass is 501 g/mol. The molecule has 0 saturated carbocycles. The number of rotatable bonds is 7. The first kappa shape index (κ1) is 24.9. The van der Waals surface area contributed by atoms with E-state index in [1.165, 1.54) is 12.1 Å². The third-order valence-corrected chi connectivity index (χ3v) is 7.07. The second kappa shape index (κ2) is 10.2. The third-order valence-electron chi connectivity index (χ3n) is 5.94. The van der Waals surface area contributed by atoms with Crippen molar-refractivity contribution in [2.75, 3.05) is 11.6 Å². The lowest BCUT2D eigenvalue weighted by molar-refractivity contribution is 0.0950. The van der Waals surface area contributed by atoms with E-state index in [9.17, 15) is 18.0 Å². The molecule has 0 spiro atoms. The molecule has 0 saturated heterocycles. The summed E-state index contributed by atoms with van der Waals surface area (Å²) in [7, 11) is -1.49. The van der Waals surface area contributed by atoms with Crippen LogP contribution in [0.1, 0.15) is 31.8 Å². The first-order chi connectivity index (χ1) is 17.1. The standard InChI is InChI=1S/C28H27N3O4S/c1-19-25(28(33)30-21-13-15-22(16-14-21)36(3,34)35)18-31(2)26(19)23-11-7-8-12-24(23)27(32)29-17-20-9-5-4-6-10-20/h4-16,18H,17H2,1-3H3,(H,29,32)(H,30,33). The molecule has 2 amide bonds. The Morgan fingerprint density at radius 3 is 2.14 bits per heavy atom. The molecule has 0 aliphatic carbocycles. The summed E-state index contributed by atoms with van der Waals surface area (Å²) in [5.41, 5.74) is 4.67. The van der Waals surface area contributed by atoms with Gasteiger partial charge in [0.25, 0.3) is 11.8 Å². The molecule has 184 valence electrons. The second-order valence-corrected chi connectivity index (χ2v) is 10.6. The molecule has 0 atom stereocenters. The normalized spacial score (nSPS) is 11.2. The summed E-state index contributed by atoms with van der Waals surface area (Å²) in [6.45, 7) is 2.25. The summed E-state index contributed by atoms with van der Waals surface area (Å²) in [6, 6.07) is 23.0. The number of carbonyl (C=O) groups excluding carboxylic acids is 2. The van der Waals surface area contributed by atoms with E-state index >= 15 is 0 Å². The van der Waals surface area contributed by atoms with Gasteiger partial charge in [0, 0.05) is 42.9 Å². The van der Waals surface area contributed by atoms with Crippen LogP contribution in [0.2, 0.25) is 0 Å².